The van der Waals surface area contributed by atoms with Crippen LogP contribution >= 0.6 is 0 Å². The quantitative estimate of drug-likeness (QED) is 0.661. The molecular formula is C10H23NO4Si. The first kappa shape index (κ1) is 15.4. The summed E-state index contributed by atoms with van der Waals surface area (Å²) in [5.74, 6) is 0. The first-order chi connectivity index (χ1) is 7.65. The second-order valence-electron chi connectivity index (χ2n) is 3.36. The van der Waals surface area contributed by atoms with Crippen LogP contribution in [-0.4, -0.2) is 41.7 Å². The number of nitrogens with one attached hydrogen (secondary N) is 1. The Bertz CT molecular complexity index is 186. The molecule has 0 heterocycles. The maximum absolute atomic E-state index is 11.1. The molecule has 0 saturated heterocycles. The zero-order chi connectivity index (χ0) is 12.4. The lowest BCUT2D eigenvalue weighted by molar-refractivity contribution is 0.151. The van der Waals surface area contributed by atoms with Crippen molar-refractivity contribution in [3.63, 3.8) is 0 Å². The molecule has 96 valence electrons. The van der Waals surface area contributed by atoms with Gasteiger partial charge in [0, 0.05) is 25.3 Å². The van der Waals surface area contributed by atoms with E-state index in [1.54, 1.807) is 6.92 Å². The third-order valence-corrected chi connectivity index (χ3v) is 4.46. The van der Waals surface area contributed by atoms with Crippen molar-refractivity contribution in [1.82, 2.24) is 5.32 Å². The Labute approximate surface area is 99.3 Å². The van der Waals surface area contributed by atoms with Gasteiger partial charge in [0.2, 0.25) is 0 Å². The molecule has 0 spiro atoms. The Morgan fingerprint density at radius 1 is 1.19 bits per heavy atom. The van der Waals surface area contributed by atoms with Crippen LogP contribution in [0.5, 0.6) is 0 Å². The Kier molecular flexibility index (Phi) is 9.26. The van der Waals surface area contributed by atoms with Crippen LogP contribution in [0.25, 0.3) is 0 Å². The van der Waals surface area contributed by atoms with E-state index in [0.29, 0.717) is 26.4 Å². The summed E-state index contributed by atoms with van der Waals surface area (Å²) in [4.78, 5) is 11.1. The predicted molar refractivity (Wildman–Crippen MR) is 64.8 cm³/mol. The van der Waals surface area contributed by atoms with E-state index in [9.17, 15) is 4.79 Å². The third-order valence-electron chi connectivity index (χ3n) is 1.97. The molecule has 0 fully saturated rings. The van der Waals surface area contributed by atoms with Gasteiger partial charge in [-0.2, -0.15) is 0 Å². The van der Waals surface area contributed by atoms with Crippen LogP contribution in [0.1, 0.15) is 27.7 Å². The van der Waals surface area contributed by atoms with E-state index in [1.165, 1.54) is 0 Å². The second kappa shape index (κ2) is 9.62. The van der Waals surface area contributed by atoms with Crippen LogP contribution < -0.4 is 5.32 Å². The zero-order valence-electron chi connectivity index (χ0n) is 10.6. The van der Waals surface area contributed by atoms with Gasteiger partial charge in [0.25, 0.3) is 0 Å². The topological polar surface area (TPSA) is 56.8 Å². The van der Waals surface area contributed by atoms with E-state index >= 15 is 0 Å². The van der Waals surface area contributed by atoms with Crippen molar-refractivity contribution in [2.75, 3.05) is 26.4 Å². The number of ether oxygens (including phenoxy) is 1. The number of carbonyl (C=O) groups excluding carboxylic acids is 1. The highest BCUT2D eigenvalue weighted by atomic mass is 28.3. The average molecular weight is 249 g/mol. The fourth-order valence-electron chi connectivity index (χ4n) is 1.23. The molecular weight excluding hydrogens is 226 g/mol. The van der Waals surface area contributed by atoms with Crippen molar-refractivity contribution in [2.24, 2.45) is 0 Å². The second-order valence-corrected chi connectivity index (χ2v) is 5.90. The fourth-order valence-corrected chi connectivity index (χ4v) is 2.95. The molecule has 0 aliphatic carbocycles. The maximum Gasteiger partial charge on any atom is 0.407 e. The minimum Gasteiger partial charge on any atom is -0.450 e. The van der Waals surface area contributed by atoms with Gasteiger partial charge in [-0.15, -0.1) is 0 Å². The standard InChI is InChI=1S/C10H23NO4Si/c1-5-13-10(12)11-8-9(4)16(14-6-2)15-7-3/h9,16H,5-8H2,1-4H3,(H,11,12). The van der Waals surface area contributed by atoms with E-state index in [0.717, 1.165) is 0 Å². The fraction of sp³-hybridized carbons (Fsp3) is 0.900. The van der Waals surface area contributed by atoms with Gasteiger partial charge in [-0.1, -0.05) is 6.92 Å². The smallest absolute Gasteiger partial charge is 0.407 e. The lowest BCUT2D eigenvalue weighted by atomic mass is 10.5. The minimum absolute atomic E-state index is 0.226. The van der Waals surface area contributed by atoms with Crippen LogP contribution in [0.15, 0.2) is 0 Å². The molecule has 0 aliphatic heterocycles. The van der Waals surface area contributed by atoms with Crippen LogP contribution in [0.4, 0.5) is 4.79 Å². The van der Waals surface area contributed by atoms with Crippen LogP contribution in [0.2, 0.25) is 5.54 Å². The van der Waals surface area contributed by atoms with Gasteiger partial charge < -0.3 is 18.9 Å². The summed E-state index contributed by atoms with van der Waals surface area (Å²) in [6.45, 7) is 9.93. The monoisotopic (exact) mass is 249 g/mol. The largest absolute Gasteiger partial charge is 0.450 e. The first-order valence-electron chi connectivity index (χ1n) is 5.79. The summed E-state index contributed by atoms with van der Waals surface area (Å²) >= 11 is 0. The Balaban J connectivity index is 3.89. The molecule has 0 aromatic rings. The molecule has 0 aliphatic rings. The van der Waals surface area contributed by atoms with Gasteiger partial charge in [0.15, 0.2) is 0 Å². The van der Waals surface area contributed by atoms with E-state index in [2.05, 4.69) is 5.32 Å². The highest BCUT2D eigenvalue weighted by Crippen LogP contribution is 2.10. The summed E-state index contributed by atoms with van der Waals surface area (Å²) in [6, 6.07) is 0. The van der Waals surface area contributed by atoms with Gasteiger partial charge in [-0.25, -0.2) is 4.79 Å². The maximum atomic E-state index is 11.1. The predicted octanol–water partition coefficient (Wildman–Crippen LogP) is 1.42. The first-order valence-corrected chi connectivity index (χ1v) is 7.40. The molecule has 5 nitrogen and oxygen atoms in total. The molecule has 16 heavy (non-hydrogen) atoms. The summed E-state index contributed by atoms with van der Waals surface area (Å²) in [5.41, 5.74) is 0.226. The Morgan fingerprint density at radius 2 is 1.75 bits per heavy atom. The molecule has 0 bridgehead atoms. The number of hydrogen-bond donors (Lipinski definition) is 1. The van der Waals surface area contributed by atoms with Gasteiger partial charge in [-0.3, -0.25) is 0 Å². The summed E-state index contributed by atoms with van der Waals surface area (Å²) in [7, 11) is -1.68. The number of hydrogen-bond acceptors (Lipinski definition) is 4. The molecule has 0 aromatic heterocycles. The summed E-state index contributed by atoms with van der Waals surface area (Å²) < 4.78 is 15.9. The van der Waals surface area contributed by atoms with E-state index in [4.69, 9.17) is 13.6 Å². The van der Waals surface area contributed by atoms with Gasteiger partial charge in [0.05, 0.1) is 6.61 Å². The van der Waals surface area contributed by atoms with Crippen molar-refractivity contribution < 1.29 is 18.4 Å². The van der Waals surface area contributed by atoms with Gasteiger partial charge in [-0.05, 0) is 20.8 Å². The van der Waals surface area contributed by atoms with Crippen LogP contribution in [0.3, 0.4) is 0 Å². The number of carbonyl (C=O) groups is 1. The molecule has 1 N–H and O–H groups in total. The molecule has 1 unspecified atom stereocenters. The van der Waals surface area contributed by atoms with Crippen molar-refractivity contribution >= 4 is 15.4 Å². The molecule has 0 aromatic carbocycles. The average Bonchev–Trinajstić information content (AvgIpc) is 2.26. The molecule has 0 saturated carbocycles. The minimum atomic E-state index is -1.68. The Hall–Kier alpha value is -0.593. The zero-order valence-corrected chi connectivity index (χ0v) is 11.8. The van der Waals surface area contributed by atoms with E-state index in [-0.39, 0.29) is 11.6 Å². The molecule has 0 radical (unpaired) electrons. The van der Waals surface area contributed by atoms with Crippen LogP contribution in [0, 0.1) is 0 Å². The van der Waals surface area contributed by atoms with Crippen molar-refractivity contribution in [2.45, 2.75) is 33.2 Å². The molecule has 0 rings (SSSR count). The highest BCUT2D eigenvalue weighted by molar-refractivity contribution is 6.46. The third kappa shape index (κ3) is 6.81. The van der Waals surface area contributed by atoms with E-state index in [1.807, 2.05) is 20.8 Å². The van der Waals surface area contributed by atoms with Gasteiger partial charge >= 0.3 is 15.4 Å². The number of alkyl carbamates (subject to hydrolysis) is 1. The summed E-state index contributed by atoms with van der Waals surface area (Å²) in [5, 5.41) is 2.69. The van der Waals surface area contributed by atoms with Crippen molar-refractivity contribution in [3.8, 4) is 0 Å². The lowest BCUT2D eigenvalue weighted by Gasteiger charge is -2.21. The SMILES string of the molecule is CCOC(=O)NCC(C)[SiH](OCC)OCC. The normalized spacial score (nSPS) is 12.6. The highest BCUT2D eigenvalue weighted by Gasteiger charge is 2.22. The summed E-state index contributed by atoms with van der Waals surface area (Å²) in [6.07, 6.45) is -0.380. The van der Waals surface area contributed by atoms with E-state index < -0.39 is 9.28 Å². The van der Waals surface area contributed by atoms with Gasteiger partial charge in [0.1, 0.15) is 0 Å². The Morgan fingerprint density at radius 3 is 2.19 bits per heavy atom. The number of rotatable bonds is 8. The number of amides is 1. The molecule has 6 heteroatoms. The lowest BCUT2D eigenvalue weighted by Crippen LogP contribution is -2.36. The molecule has 1 atom stereocenters. The van der Waals surface area contributed by atoms with Crippen LogP contribution in [-0.2, 0) is 13.6 Å². The van der Waals surface area contributed by atoms with Crippen molar-refractivity contribution in [3.05, 3.63) is 0 Å². The van der Waals surface area contributed by atoms with Crippen molar-refractivity contribution in [1.29, 1.82) is 0 Å². The molecule has 1 amide bonds.